The van der Waals surface area contributed by atoms with E-state index < -0.39 is 5.97 Å². The number of furan rings is 1. The Hall–Kier alpha value is -2.38. The van der Waals surface area contributed by atoms with E-state index in [1.807, 2.05) is 51.1 Å². The second kappa shape index (κ2) is 9.85. The zero-order valence-corrected chi connectivity index (χ0v) is 21.7. The number of fused-ring (bicyclic) bond motifs is 2. The molecule has 1 saturated carbocycles. The summed E-state index contributed by atoms with van der Waals surface area (Å²) >= 11 is 0. The molecular weight excluding hydrogens is 429 g/mol. The van der Waals surface area contributed by atoms with Crippen LogP contribution in [0.2, 0.25) is 0 Å². The fourth-order valence-corrected chi connectivity index (χ4v) is 4.00. The van der Waals surface area contributed by atoms with Gasteiger partial charge in [-0.3, -0.25) is 0 Å². The van der Waals surface area contributed by atoms with Crippen molar-refractivity contribution in [1.29, 1.82) is 0 Å². The summed E-state index contributed by atoms with van der Waals surface area (Å²) in [4.78, 5) is 16.5. The third kappa shape index (κ3) is 4.94. The maximum atomic E-state index is 11.8. The van der Waals surface area contributed by atoms with Crippen LogP contribution in [0.25, 0.3) is 33.3 Å². The first-order valence-electron chi connectivity index (χ1n) is 10.6. The largest absolute Gasteiger partial charge is 1.00 e. The van der Waals surface area contributed by atoms with Crippen LogP contribution in [0.15, 0.2) is 46.9 Å². The van der Waals surface area contributed by atoms with E-state index in [9.17, 15) is 9.90 Å². The van der Waals surface area contributed by atoms with Gasteiger partial charge in [0.1, 0.15) is 17.0 Å². The Morgan fingerprint density at radius 2 is 1.85 bits per heavy atom. The molecule has 0 amide bonds. The van der Waals surface area contributed by atoms with E-state index in [-0.39, 0.29) is 40.7 Å². The molecule has 1 N–H and O–H groups in total. The average molecular weight is 455 g/mol. The summed E-state index contributed by atoms with van der Waals surface area (Å²) in [6, 6.07) is 12.7. The number of carbonyl (C=O) groups is 1. The quantitative estimate of drug-likeness (QED) is 0.471. The minimum atomic E-state index is -1.28. The molecule has 0 bridgehead atoms. The summed E-state index contributed by atoms with van der Waals surface area (Å²) in [6.07, 6.45) is 3.23. The number of para-hydroxylation sites is 1. The summed E-state index contributed by atoms with van der Waals surface area (Å²) in [5.74, 6) is -0.278. The van der Waals surface area contributed by atoms with Crippen molar-refractivity contribution in [2.45, 2.75) is 45.6 Å². The van der Waals surface area contributed by atoms with Gasteiger partial charge in [-0.05, 0) is 63.8 Å². The molecule has 0 saturated heterocycles. The van der Waals surface area contributed by atoms with Gasteiger partial charge in [-0.2, -0.15) is 0 Å². The van der Waals surface area contributed by atoms with Gasteiger partial charge >= 0.3 is 29.6 Å². The van der Waals surface area contributed by atoms with E-state index in [1.165, 1.54) is 19.6 Å². The Kier molecular flexibility index (Phi) is 7.54. The molecule has 6 nitrogen and oxygen atoms in total. The van der Waals surface area contributed by atoms with Crippen LogP contribution in [0, 0.1) is 13.8 Å². The molecule has 166 valence electrons. The molecule has 1 fully saturated rings. The van der Waals surface area contributed by atoms with E-state index in [2.05, 4.69) is 4.98 Å². The first kappa shape index (κ1) is 25.2. The predicted molar refractivity (Wildman–Crippen MR) is 122 cm³/mol. The van der Waals surface area contributed by atoms with E-state index in [0.717, 1.165) is 34.9 Å². The molecule has 4 aromatic rings. The van der Waals surface area contributed by atoms with Crippen LogP contribution in [0.4, 0.5) is 0 Å². The van der Waals surface area contributed by atoms with Crippen LogP contribution in [0.5, 0.6) is 5.75 Å². The van der Waals surface area contributed by atoms with E-state index in [4.69, 9.17) is 14.3 Å². The van der Waals surface area contributed by atoms with Gasteiger partial charge in [0.15, 0.2) is 5.76 Å². The van der Waals surface area contributed by atoms with Crippen molar-refractivity contribution in [3.8, 4) is 17.2 Å². The maximum absolute atomic E-state index is 11.8. The zero-order valence-electron chi connectivity index (χ0n) is 19.7. The molecular formula is C26H26NNaO5. The number of nitrogens with zero attached hydrogens (tertiary/aromatic N) is 1. The first-order chi connectivity index (χ1) is 15.2. The third-order valence-electron chi connectivity index (χ3n) is 6.07. The van der Waals surface area contributed by atoms with Crippen molar-refractivity contribution < 1.29 is 53.7 Å². The molecule has 2 aromatic carbocycles. The third-order valence-corrected chi connectivity index (χ3v) is 6.07. The fraction of sp³-hybridized carbons (Fsp3) is 0.308. The molecule has 33 heavy (non-hydrogen) atoms. The zero-order chi connectivity index (χ0) is 23.0. The summed E-state index contributed by atoms with van der Waals surface area (Å²) in [6.45, 7) is 5.70. The molecule has 0 atom stereocenters. The van der Waals surface area contributed by atoms with Crippen molar-refractivity contribution in [2.24, 2.45) is 0 Å². The maximum Gasteiger partial charge on any atom is 1.00 e. The molecule has 0 radical (unpaired) electrons. The summed E-state index contributed by atoms with van der Waals surface area (Å²) in [5, 5.41) is 22.1. The predicted octanol–water partition coefficient (Wildman–Crippen LogP) is 1.56. The SMILES string of the molecule is CC1(O)CCC1.COc1ccc(C)c2nc(-c3oc4ccccc4c3C)cc(C(=O)[O-])c12.[Na+]. The molecule has 1 aliphatic carbocycles. The molecule has 2 heterocycles. The monoisotopic (exact) mass is 455 g/mol. The van der Waals surface area contributed by atoms with Gasteiger partial charge in [0, 0.05) is 16.5 Å². The number of methoxy groups -OCH3 is 1. The topological polar surface area (TPSA) is 95.6 Å². The number of carboxylic acid groups (broad SMARTS) is 1. The van der Waals surface area contributed by atoms with Crippen molar-refractivity contribution in [1.82, 2.24) is 4.98 Å². The molecule has 2 aromatic heterocycles. The number of hydrogen-bond donors (Lipinski definition) is 1. The van der Waals surface area contributed by atoms with Gasteiger partial charge < -0.3 is 24.2 Å². The Labute approximate surface area is 214 Å². The van der Waals surface area contributed by atoms with Crippen LogP contribution in [0.3, 0.4) is 0 Å². The minimum absolute atomic E-state index is 0. The van der Waals surface area contributed by atoms with Crippen molar-refractivity contribution in [3.63, 3.8) is 0 Å². The summed E-state index contributed by atoms with van der Waals surface area (Å²) < 4.78 is 11.3. The Balaban J connectivity index is 0.000000382. The number of hydrogen-bond acceptors (Lipinski definition) is 6. The van der Waals surface area contributed by atoms with Crippen LogP contribution in [-0.4, -0.2) is 28.8 Å². The standard InChI is InChI=1S/C21H17NO4.C5H10O.Na/c1-11-8-9-17(25-3)18-14(21(23)24)10-15(22-19(11)18)20-12(2)13-6-4-5-7-16(13)26-20;1-5(6)3-2-4-5;/h4-10H,1-3H3,(H,23,24);6H,2-4H2,1H3;/q;;+1/p-1. The fourth-order valence-electron chi connectivity index (χ4n) is 4.00. The molecule has 5 rings (SSSR count). The number of aromatic nitrogens is 1. The molecule has 0 unspecified atom stereocenters. The molecule has 0 spiro atoms. The van der Waals surface area contributed by atoms with Crippen LogP contribution < -0.4 is 39.4 Å². The minimum Gasteiger partial charge on any atom is -0.545 e. The second-order valence-electron chi connectivity index (χ2n) is 8.55. The van der Waals surface area contributed by atoms with Crippen LogP contribution in [0.1, 0.15) is 47.7 Å². The van der Waals surface area contributed by atoms with Crippen molar-refractivity contribution in [2.75, 3.05) is 7.11 Å². The second-order valence-corrected chi connectivity index (χ2v) is 8.55. The number of benzene rings is 2. The number of carboxylic acids is 1. The van der Waals surface area contributed by atoms with Gasteiger partial charge in [0.2, 0.25) is 0 Å². The van der Waals surface area contributed by atoms with Crippen LogP contribution >= 0.6 is 0 Å². The number of aryl methyl sites for hydroxylation is 2. The average Bonchev–Trinajstić information content (AvgIpc) is 3.10. The van der Waals surface area contributed by atoms with Gasteiger partial charge in [0.25, 0.3) is 0 Å². The Morgan fingerprint density at radius 1 is 1.18 bits per heavy atom. The smallest absolute Gasteiger partial charge is 0.545 e. The Morgan fingerprint density at radius 3 is 2.39 bits per heavy atom. The number of ether oxygens (including phenoxy) is 1. The van der Waals surface area contributed by atoms with E-state index >= 15 is 0 Å². The Bertz CT molecular complexity index is 1320. The van der Waals surface area contributed by atoms with Gasteiger partial charge in [-0.1, -0.05) is 24.3 Å². The summed E-state index contributed by atoms with van der Waals surface area (Å²) in [5.41, 5.74) is 3.27. The van der Waals surface area contributed by atoms with E-state index in [1.54, 1.807) is 6.07 Å². The number of aromatic carboxylic acids is 1. The van der Waals surface area contributed by atoms with Gasteiger partial charge in [0.05, 0.1) is 29.6 Å². The number of aliphatic hydroxyl groups is 1. The van der Waals surface area contributed by atoms with Crippen molar-refractivity contribution >= 4 is 27.8 Å². The van der Waals surface area contributed by atoms with E-state index in [0.29, 0.717) is 28.1 Å². The first-order valence-corrected chi connectivity index (χ1v) is 10.6. The number of pyridine rings is 1. The van der Waals surface area contributed by atoms with Gasteiger partial charge in [-0.15, -0.1) is 0 Å². The molecule has 7 heteroatoms. The normalized spacial score (nSPS) is 14.1. The molecule has 0 aliphatic heterocycles. The number of rotatable bonds is 3. The molecule has 1 aliphatic rings. The van der Waals surface area contributed by atoms with Gasteiger partial charge in [-0.25, -0.2) is 4.98 Å². The summed E-state index contributed by atoms with van der Waals surface area (Å²) in [7, 11) is 1.50. The van der Waals surface area contributed by atoms with Crippen LogP contribution in [-0.2, 0) is 0 Å². The van der Waals surface area contributed by atoms with Crippen molar-refractivity contribution in [3.05, 3.63) is 59.2 Å². The number of carbonyl (C=O) groups excluding carboxylic acids is 1.